The Kier molecular flexibility index (Phi) is 7.86. The third-order valence-corrected chi connectivity index (χ3v) is 7.70. The predicted octanol–water partition coefficient (Wildman–Crippen LogP) is 5.49. The normalized spacial score (nSPS) is 20.2. The molecule has 2 aliphatic heterocycles. The van der Waals surface area contributed by atoms with Gasteiger partial charge in [-0.1, -0.05) is 10.7 Å². The number of nitrogens with zero attached hydrogens (tertiary/aromatic N) is 2. The minimum absolute atomic E-state index is 0.0524. The van der Waals surface area contributed by atoms with Crippen molar-refractivity contribution in [2.75, 3.05) is 38.3 Å². The monoisotopic (exact) mass is 462 g/mol. The van der Waals surface area contributed by atoms with Crippen molar-refractivity contribution in [2.45, 2.75) is 65.8 Å². The summed E-state index contributed by atoms with van der Waals surface area (Å²) in [5, 5.41) is 4.56. The first-order chi connectivity index (χ1) is 15.0. The molecular weight excluding hydrogens is 424 g/mol. The smallest absolute Gasteiger partial charge is 0.414 e. The predicted molar refractivity (Wildman–Crippen MR) is 134 cm³/mol. The molecule has 7 heteroatoms. The minimum Gasteiger partial charge on any atom is -0.443 e. The Bertz CT molecular complexity index is 865. The third kappa shape index (κ3) is 6.01. The number of amides is 1. The summed E-state index contributed by atoms with van der Waals surface area (Å²) in [4.78, 5) is 14.0. The van der Waals surface area contributed by atoms with Gasteiger partial charge in [-0.15, -0.1) is 0 Å². The van der Waals surface area contributed by atoms with E-state index < -0.39 is 5.60 Å². The molecule has 1 atom stereocenters. The quantitative estimate of drug-likeness (QED) is 0.554. The minimum atomic E-state index is -0.519. The highest BCUT2D eigenvalue weighted by atomic mass is 32.2. The van der Waals surface area contributed by atoms with Crippen LogP contribution in [0.15, 0.2) is 17.5 Å². The number of carbonyl (C=O) groups is 1. The fourth-order valence-corrected chi connectivity index (χ4v) is 5.63. The van der Waals surface area contributed by atoms with E-state index in [1.54, 1.807) is 11.9 Å². The Balaban J connectivity index is 1.70. The van der Waals surface area contributed by atoms with Crippen LogP contribution in [-0.2, 0) is 14.2 Å². The molecule has 0 aliphatic carbocycles. The highest BCUT2D eigenvalue weighted by Crippen LogP contribution is 2.36. The summed E-state index contributed by atoms with van der Waals surface area (Å²) in [5.41, 5.74) is 3.79. The Hall–Kier alpha value is -1.67. The van der Waals surface area contributed by atoms with E-state index in [9.17, 15) is 4.79 Å². The van der Waals surface area contributed by atoms with Crippen molar-refractivity contribution < 1.29 is 19.0 Å². The van der Waals surface area contributed by atoms with Gasteiger partial charge >= 0.3 is 6.09 Å². The van der Waals surface area contributed by atoms with Crippen LogP contribution in [0.4, 0.5) is 10.5 Å². The van der Waals surface area contributed by atoms with Crippen LogP contribution in [0.3, 0.4) is 0 Å². The molecule has 0 bridgehead atoms. The molecule has 32 heavy (non-hydrogen) atoms. The van der Waals surface area contributed by atoms with Crippen LogP contribution >= 0.6 is 10.7 Å². The fraction of sp³-hybridized carbons (Fsp3) is 0.600. The van der Waals surface area contributed by atoms with E-state index >= 15 is 0 Å². The van der Waals surface area contributed by atoms with E-state index in [1.807, 2.05) is 32.9 Å². The molecule has 2 aliphatic rings. The number of benzene rings is 1. The molecule has 3 rings (SSSR count). The molecule has 0 aromatic heterocycles. The average molecular weight is 463 g/mol. The number of aryl methyl sites for hydroxylation is 2. The van der Waals surface area contributed by atoms with Crippen molar-refractivity contribution in [1.82, 2.24) is 4.31 Å². The zero-order valence-corrected chi connectivity index (χ0v) is 21.4. The van der Waals surface area contributed by atoms with Crippen LogP contribution in [0.25, 0.3) is 6.08 Å². The fourth-order valence-electron chi connectivity index (χ4n) is 4.12. The summed E-state index contributed by atoms with van der Waals surface area (Å²) in [5.74, 6) is -0.341. The lowest BCUT2D eigenvalue weighted by atomic mass is 10.0. The summed E-state index contributed by atoms with van der Waals surface area (Å²) in [6, 6.07) is 4.09. The van der Waals surface area contributed by atoms with Crippen molar-refractivity contribution in [3.05, 3.63) is 34.2 Å². The molecule has 1 amide bonds. The van der Waals surface area contributed by atoms with Crippen LogP contribution in [0, 0.1) is 13.8 Å². The standard InChI is InChI=1S/C25H38N2O4S/c1-8-32(27-12-10-25(11-13-27)29-14-15-30-25)16-9-22-19(2)17-21(18-20(22)3)26(7)23(28)31-24(4,5)6/h8-9,16-18H,10-15H2,1-7H3/b16-9+. The summed E-state index contributed by atoms with van der Waals surface area (Å²) in [6.07, 6.45) is 3.71. The molecule has 0 N–H and O–H groups in total. The van der Waals surface area contributed by atoms with Crippen LogP contribution in [0.2, 0.25) is 0 Å². The molecule has 0 saturated carbocycles. The van der Waals surface area contributed by atoms with Gasteiger partial charge in [0.1, 0.15) is 5.60 Å². The molecule has 178 valence electrons. The highest BCUT2D eigenvalue weighted by molar-refractivity contribution is 8.15. The van der Waals surface area contributed by atoms with Crippen molar-refractivity contribution >= 4 is 33.9 Å². The maximum absolute atomic E-state index is 12.5. The SMILES string of the molecule is C/C=S(/C=C/c1c(C)cc(N(C)C(=O)OC(C)(C)C)cc1C)N1CCC2(CC1)OCCO2. The van der Waals surface area contributed by atoms with Crippen LogP contribution in [-0.4, -0.2) is 60.5 Å². The van der Waals surface area contributed by atoms with Gasteiger partial charge in [-0.05, 0) is 87.2 Å². The van der Waals surface area contributed by atoms with E-state index in [0.29, 0.717) is 13.2 Å². The first-order valence-corrected chi connectivity index (χ1v) is 12.6. The molecule has 1 aromatic carbocycles. The van der Waals surface area contributed by atoms with E-state index in [-0.39, 0.29) is 22.6 Å². The Morgan fingerprint density at radius 2 is 1.72 bits per heavy atom. The van der Waals surface area contributed by atoms with Gasteiger partial charge in [0.25, 0.3) is 0 Å². The number of rotatable bonds is 4. The van der Waals surface area contributed by atoms with Crippen LogP contribution < -0.4 is 4.90 Å². The molecule has 2 saturated heterocycles. The summed E-state index contributed by atoms with van der Waals surface area (Å²) < 4.78 is 19.7. The average Bonchev–Trinajstić information content (AvgIpc) is 3.17. The van der Waals surface area contributed by atoms with Gasteiger partial charge in [-0.3, -0.25) is 9.21 Å². The molecule has 6 nitrogen and oxygen atoms in total. The van der Waals surface area contributed by atoms with Gasteiger partial charge < -0.3 is 14.2 Å². The Labute approximate surface area is 195 Å². The van der Waals surface area contributed by atoms with Gasteiger partial charge in [0, 0.05) is 38.7 Å². The first kappa shape index (κ1) is 25.0. The Morgan fingerprint density at radius 1 is 1.16 bits per heavy atom. The van der Waals surface area contributed by atoms with Gasteiger partial charge in [0.05, 0.1) is 13.2 Å². The second-order valence-electron chi connectivity index (χ2n) is 9.45. The maximum atomic E-state index is 12.5. The molecule has 1 aromatic rings. The first-order valence-electron chi connectivity index (χ1n) is 11.3. The Morgan fingerprint density at radius 3 is 2.22 bits per heavy atom. The zero-order chi connectivity index (χ0) is 23.5. The summed E-state index contributed by atoms with van der Waals surface area (Å²) in [6.45, 7) is 15.3. The largest absolute Gasteiger partial charge is 0.443 e. The summed E-state index contributed by atoms with van der Waals surface area (Å²) in [7, 11) is 1.70. The second-order valence-corrected chi connectivity index (χ2v) is 11.4. The number of hydrogen-bond donors (Lipinski definition) is 0. The van der Waals surface area contributed by atoms with E-state index in [1.165, 1.54) is 5.56 Å². The topological polar surface area (TPSA) is 51.2 Å². The van der Waals surface area contributed by atoms with Crippen molar-refractivity contribution in [2.24, 2.45) is 0 Å². The lowest BCUT2D eigenvalue weighted by Gasteiger charge is -2.38. The third-order valence-electron chi connectivity index (χ3n) is 5.84. The number of piperidine rings is 1. The highest BCUT2D eigenvalue weighted by Gasteiger charge is 2.40. The van der Waals surface area contributed by atoms with E-state index in [0.717, 1.165) is 42.7 Å². The van der Waals surface area contributed by atoms with E-state index in [4.69, 9.17) is 14.2 Å². The van der Waals surface area contributed by atoms with Crippen LogP contribution in [0.1, 0.15) is 57.2 Å². The van der Waals surface area contributed by atoms with Crippen molar-refractivity contribution in [1.29, 1.82) is 0 Å². The maximum Gasteiger partial charge on any atom is 0.414 e. The van der Waals surface area contributed by atoms with Crippen molar-refractivity contribution in [3.63, 3.8) is 0 Å². The number of anilines is 1. The molecule has 2 heterocycles. The van der Waals surface area contributed by atoms with E-state index in [2.05, 4.69) is 41.9 Å². The molecule has 1 spiro atoms. The number of ether oxygens (including phenoxy) is 3. The van der Waals surface area contributed by atoms with Gasteiger partial charge in [0.15, 0.2) is 5.79 Å². The lowest BCUT2D eigenvalue weighted by molar-refractivity contribution is -0.178. The molecular formula is C25H38N2O4S. The number of carbonyl (C=O) groups excluding carboxylic acids is 1. The van der Waals surface area contributed by atoms with Crippen LogP contribution in [0.5, 0.6) is 0 Å². The lowest BCUT2D eigenvalue weighted by Crippen LogP contribution is -2.43. The second kappa shape index (κ2) is 10.1. The van der Waals surface area contributed by atoms with Crippen molar-refractivity contribution in [3.8, 4) is 0 Å². The molecule has 2 fully saturated rings. The van der Waals surface area contributed by atoms with Gasteiger partial charge in [-0.2, -0.15) is 0 Å². The van der Waals surface area contributed by atoms with Gasteiger partial charge in [-0.25, -0.2) is 4.79 Å². The molecule has 0 radical (unpaired) electrons. The number of hydrogen-bond acceptors (Lipinski definition) is 5. The molecule has 1 unspecified atom stereocenters. The van der Waals surface area contributed by atoms with Gasteiger partial charge in [0.2, 0.25) is 0 Å². The summed E-state index contributed by atoms with van der Waals surface area (Å²) >= 11 is 0. The zero-order valence-electron chi connectivity index (χ0n) is 20.6.